The first-order valence-electron chi connectivity index (χ1n) is 7.11. The summed E-state index contributed by atoms with van der Waals surface area (Å²) in [5.74, 6) is 1.32. The maximum atomic E-state index is 10.1. The van der Waals surface area contributed by atoms with Gasteiger partial charge in [-0.25, -0.2) is 5.10 Å². The number of rotatable bonds is 5. The van der Waals surface area contributed by atoms with Gasteiger partial charge in [-0.05, 0) is 52.4 Å². The average molecular weight is 484 g/mol. The Balaban J connectivity index is 1.84. The van der Waals surface area contributed by atoms with E-state index in [2.05, 4.69) is 47.2 Å². The molecule has 25 heavy (non-hydrogen) atoms. The van der Waals surface area contributed by atoms with Gasteiger partial charge >= 0.3 is 0 Å². The molecule has 0 radical (unpaired) electrons. The van der Waals surface area contributed by atoms with Crippen molar-refractivity contribution in [2.75, 3.05) is 0 Å². The standard InChI is InChI=1S/C16H12Br2N4O2S/c17-11-6-10(15(23)13(18)7-11)8-19-22-14(20-21-16(22)25)9-24-12-4-2-1-3-5-12/h1-8,23H,9H2,(H,21,25). The number of phenolic OH excluding ortho intramolecular Hbond substituents is 1. The molecule has 3 rings (SSSR count). The molecule has 0 aliphatic heterocycles. The number of H-pyrrole nitrogens is 1. The molecule has 0 aliphatic carbocycles. The van der Waals surface area contributed by atoms with Crippen LogP contribution in [0.5, 0.6) is 11.5 Å². The first-order valence-corrected chi connectivity index (χ1v) is 9.10. The summed E-state index contributed by atoms with van der Waals surface area (Å²) in [6.07, 6.45) is 1.50. The quantitative estimate of drug-likeness (QED) is 0.409. The highest BCUT2D eigenvalue weighted by Gasteiger charge is 2.08. The van der Waals surface area contributed by atoms with E-state index in [1.807, 2.05) is 30.3 Å². The molecular weight excluding hydrogens is 472 g/mol. The van der Waals surface area contributed by atoms with Gasteiger partial charge in [0.25, 0.3) is 0 Å². The Hall–Kier alpha value is -1.97. The van der Waals surface area contributed by atoms with E-state index in [1.54, 1.807) is 12.1 Å². The van der Waals surface area contributed by atoms with E-state index in [9.17, 15) is 5.11 Å². The fourth-order valence-corrected chi connectivity index (χ4v) is 3.46. The summed E-state index contributed by atoms with van der Waals surface area (Å²) in [5, 5.41) is 21.2. The van der Waals surface area contributed by atoms with E-state index in [0.29, 0.717) is 20.6 Å². The molecule has 0 unspecified atom stereocenters. The Morgan fingerprint density at radius 2 is 2.04 bits per heavy atom. The minimum absolute atomic E-state index is 0.0871. The van der Waals surface area contributed by atoms with Gasteiger partial charge in [0.2, 0.25) is 4.77 Å². The number of para-hydroxylation sites is 1. The van der Waals surface area contributed by atoms with E-state index >= 15 is 0 Å². The zero-order valence-corrected chi connectivity index (χ0v) is 16.7. The van der Waals surface area contributed by atoms with Crippen molar-refractivity contribution in [1.29, 1.82) is 0 Å². The highest BCUT2D eigenvalue weighted by Crippen LogP contribution is 2.30. The van der Waals surface area contributed by atoms with Gasteiger partial charge in [0.15, 0.2) is 5.82 Å². The summed E-state index contributed by atoms with van der Waals surface area (Å²) in [7, 11) is 0. The van der Waals surface area contributed by atoms with Crippen molar-refractivity contribution >= 4 is 50.3 Å². The van der Waals surface area contributed by atoms with Crippen LogP contribution in [0.1, 0.15) is 11.4 Å². The monoisotopic (exact) mass is 482 g/mol. The van der Waals surface area contributed by atoms with Crippen molar-refractivity contribution < 1.29 is 9.84 Å². The highest BCUT2D eigenvalue weighted by atomic mass is 79.9. The third kappa shape index (κ3) is 4.36. The molecule has 128 valence electrons. The number of aromatic hydroxyl groups is 1. The van der Waals surface area contributed by atoms with Crippen molar-refractivity contribution in [3.8, 4) is 11.5 Å². The van der Waals surface area contributed by atoms with Gasteiger partial charge in [0.05, 0.1) is 10.7 Å². The van der Waals surface area contributed by atoms with Gasteiger partial charge in [-0.2, -0.15) is 14.9 Å². The number of aromatic nitrogens is 3. The van der Waals surface area contributed by atoms with Crippen LogP contribution in [0, 0.1) is 4.77 Å². The summed E-state index contributed by atoms with van der Waals surface area (Å²) >= 11 is 11.9. The molecule has 6 nitrogen and oxygen atoms in total. The van der Waals surface area contributed by atoms with Gasteiger partial charge in [-0.15, -0.1) is 0 Å². The number of nitrogens with one attached hydrogen (secondary N) is 1. The van der Waals surface area contributed by atoms with Crippen molar-refractivity contribution in [3.05, 3.63) is 67.6 Å². The number of halogens is 2. The molecule has 0 atom stereocenters. The summed E-state index contributed by atoms with van der Waals surface area (Å²) < 4.78 is 8.82. The second-order valence-corrected chi connectivity index (χ2v) is 7.09. The molecule has 0 bridgehead atoms. The first-order chi connectivity index (χ1) is 12.0. The lowest BCUT2D eigenvalue weighted by atomic mass is 10.2. The van der Waals surface area contributed by atoms with Crippen LogP contribution in [0.25, 0.3) is 0 Å². The van der Waals surface area contributed by atoms with E-state index in [4.69, 9.17) is 17.0 Å². The van der Waals surface area contributed by atoms with Crippen LogP contribution in [-0.4, -0.2) is 26.2 Å². The third-order valence-corrected chi connectivity index (χ3v) is 4.53. The lowest BCUT2D eigenvalue weighted by molar-refractivity contribution is 0.290. The van der Waals surface area contributed by atoms with Gasteiger partial charge in [-0.1, -0.05) is 34.1 Å². The molecule has 0 spiro atoms. The topological polar surface area (TPSA) is 75.4 Å². The number of benzene rings is 2. The van der Waals surface area contributed by atoms with Crippen LogP contribution in [0.3, 0.4) is 0 Å². The molecule has 0 fully saturated rings. The zero-order chi connectivity index (χ0) is 17.8. The molecular formula is C16H12Br2N4O2S. The van der Waals surface area contributed by atoms with Crippen molar-refractivity contribution in [3.63, 3.8) is 0 Å². The fraction of sp³-hybridized carbons (Fsp3) is 0.0625. The van der Waals surface area contributed by atoms with E-state index in [-0.39, 0.29) is 12.4 Å². The molecule has 0 saturated heterocycles. The average Bonchev–Trinajstić information content (AvgIpc) is 2.96. The van der Waals surface area contributed by atoms with E-state index < -0.39 is 0 Å². The summed E-state index contributed by atoms with van der Waals surface area (Å²) in [5.41, 5.74) is 0.527. The summed E-state index contributed by atoms with van der Waals surface area (Å²) in [6, 6.07) is 12.9. The first kappa shape index (κ1) is 17.8. The molecule has 0 aliphatic rings. The Morgan fingerprint density at radius 1 is 1.28 bits per heavy atom. The lowest BCUT2D eigenvalue weighted by Crippen LogP contribution is -2.04. The molecule has 3 aromatic rings. The molecule has 2 aromatic carbocycles. The zero-order valence-electron chi connectivity index (χ0n) is 12.7. The Morgan fingerprint density at radius 3 is 2.80 bits per heavy atom. The van der Waals surface area contributed by atoms with E-state index in [1.165, 1.54) is 10.9 Å². The second kappa shape index (κ2) is 7.94. The number of aromatic amines is 1. The predicted octanol–water partition coefficient (Wildman–Crippen LogP) is 4.63. The number of ether oxygens (including phenoxy) is 1. The van der Waals surface area contributed by atoms with Gasteiger partial charge in [-0.3, -0.25) is 0 Å². The van der Waals surface area contributed by atoms with Gasteiger partial charge in [0, 0.05) is 10.0 Å². The van der Waals surface area contributed by atoms with Crippen LogP contribution in [-0.2, 0) is 6.61 Å². The predicted molar refractivity (Wildman–Crippen MR) is 105 cm³/mol. The number of hydrogen-bond donors (Lipinski definition) is 2. The highest BCUT2D eigenvalue weighted by molar-refractivity contribution is 9.11. The van der Waals surface area contributed by atoms with Crippen LogP contribution in [0.4, 0.5) is 0 Å². The summed E-state index contributed by atoms with van der Waals surface area (Å²) in [4.78, 5) is 0. The molecule has 1 aromatic heterocycles. The molecule has 0 amide bonds. The van der Waals surface area contributed by atoms with Crippen LogP contribution >= 0.6 is 44.1 Å². The Kier molecular flexibility index (Phi) is 5.67. The largest absolute Gasteiger partial charge is 0.506 e. The van der Waals surface area contributed by atoms with Crippen LogP contribution in [0.15, 0.2) is 56.5 Å². The minimum Gasteiger partial charge on any atom is -0.506 e. The van der Waals surface area contributed by atoms with Crippen LogP contribution in [0.2, 0.25) is 0 Å². The van der Waals surface area contributed by atoms with Crippen LogP contribution < -0.4 is 4.74 Å². The van der Waals surface area contributed by atoms with Crippen molar-refractivity contribution in [1.82, 2.24) is 14.9 Å². The maximum Gasteiger partial charge on any atom is 0.216 e. The van der Waals surface area contributed by atoms with Crippen molar-refractivity contribution in [2.24, 2.45) is 5.10 Å². The summed E-state index contributed by atoms with van der Waals surface area (Å²) in [6.45, 7) is 0.197. The number of nitrogens with zero attached hydrogens (tertiary/aromatic N) is 3. The van der Waals surface area contributed by atoms with Gasteiger partial charge < -0.3 is 9.84 Å². The molecule has 9 heteroatoms. The third-order valence-electron chi connectivity index (χ3n) is 3.20. The lowest BCUT2D eigenvalue weighted by Gasteiger charge is -2.05. The normalized spacial score (nSPS) is 11.1. The second-order valence-electron chi connectivity index (χ2n) is 4.93. The fourth-order valence-electron chi connectivity index (χ4n) is 2.01. The SMILES string of the molecule is Oc1c(Br)cc(Br)cc1C=Nn1c(COc2ccccc2)n[nH]c1=S. The number of hydrogen-bond acceptors (Lipinski definition) is 5. The number of phenols is 1. The molecule has 2 N–H and O–H groups in total. The Bertz CT molecular complexity index is 970. The van der Waals surface area contributed by atoms with Gasteiger partial charge in [0.1, 0.15) is 18.1 Å². The van der Waals surface area contributed by atoms with Crippen molar-refractivity contribution in [2.45, 2.75) is 6.61 Å². The molecule has 1 heterocycles. The smallest absolute Gasteiger partial charge is 0.216 e. The minimum atomic E-state index is 0.0871. The van der Waals surface area contributed by atoms with E-state index in [0.717, 1.165) is 10.2 Å². The maximum absolute atomic E-state index is 10.1. The Labute approximate surface area is 165 Å². The molecule has 0 saturated carbocycles.